The number of hydrogen-bond donors (Lipinski definition) is 2. The van der Waals surface area contributed by atoms with E-state index in [1.807, 2.05) is 54.3 Å². The van der Waals surface area contributed by atoms with Crippen molar-refractivity contribution in [3.63, 3.8) is 0 Å². The number of aromatic amines is 1. The Morgan fingerprint density at radius 2 is 1.89 bits per heavy atom. The van der Waals surface area contributed by atoms with Crippen LogP contribution in [0.3, 0.4) is 0 Å². The number of rotatable bonds is 6. The second kappa shape index (κ2) is 9.29. The van der Waals surface area contributed by atoms with E-state index in [4.69, 9.17) is 27.9 Å². The number of aromatic nitrogens is 2. The summed E-state index contributed by atoms with van der Waals surface area (Å²) in [6.45, 7) is 2.30. The standard InChI is InChI=1S/C27H23Cl2N3O3/c1-15-12-22(33)20(14-21(15)29)24-23-25(31-30-24)27(34)32(26(23)17-4-3-5-18(28)13-17)11-10-16-6-8-19(35-2)9-7-16/h3-9,12-14,26,33H,10-11H2,1-2H3,(H,30,31)/t26-/m1/s1. The number of aromatic hydroxyl groups is 1. The maximum atomic E-state index is 13.6. The number of aryl methyl sites for hydroxylation is 1. The molecule has 0 radical (unpaired) electrons. The third-order valence-electron chi connectivity index (χ3n) is 6.36. The molecule has 8 heteroatoms. The Morgan fingerprint density at radius 3 is 2.60 bits per heavy atom. The van der Waals surface area contributed by atoms with Gasteiger partial charge >= 0.3 is 0 Å². The highest BCUT2D eigenvalue weighted by Gasteiger charge is 2.42. The van der Waals surface area contributed by atoms with Crippen molar-refractivity contribution in [3.05, 3.63) is 98.7 Å². The minimum atomic E-state index is -0.428. The molecule has 3 aromatic carbocycles. The van der Waals surface area contributed by atoms with E-state index in [1.54, 1.807) is 25.3 Å². The average Bonchev–Trinajstić information content (AvgIpc) is 3.39. The number of phenolic OH excluding ortho intramolecular Hbond substituents is 1. The van der Waals surface area contributed by atoms with Gasteiger partial charge < -0.3 is 14.7 Å². The summed E-state index contributed by atoms with van der Waals surface area (Å²) in [5.41, 5.74) is 4.75. The average molecular weight is 508 g/mol. The van der Waals surface area contributed by atoms with Gasteiger partial charge in [0.25, 0.3) is 5.91 Å². The highest BCUT2D eigenvalue weighted by molar-refractivity contribution is 6.31. The van der Waals surface area contributed by atoms with Crippen LogP contribution in [-0.2, 0) is 6.42 Å². The molecule has 1 amide bonds. The van der Waals surface area contributed by atoms with E-state index in [2.05, 4.69) is 10.2 Å². The Hall–Kier alpha value is -3.48. The van der Waals surface area contributed by atoms with Gasteiger partial charge in [-0.1, -0.05) is 47.5 Å². The van der Waals surface area contributed by atoms with Crippen LogP contribution in [0.5, 0.6) is 11.5 Å². The molecule has 0 saturated heterocycles. The topological polar surface area (TPSA) is 78.5 Å². The minimum absolute atomic E-state index is 0.0511. The first-order valence-electron chi connectivity index (χ1n) is 11.1. The van der Waals surface area contributed by atoms with Crippen molar-refractivity contribution in [1.29, 1.82) is 0 Å². The lowest BCUT2D eigenvalue weighted by molar-refractivity contribution is 0.0746. The van der Waals surface area contributed by atoms with Gasteiger partial charge in [0.1, 0.15) is 22.9 Å². The Morgan fingerprint density at radius 1 is 1.11 bits per heavy atom. The van der Waals surface area contributed by atoms with E-state index in [0.29, 0.717) is 45.5 Å². The molecule has 178 valence electrons. The minimum Gasteiger partial charge on any atom is -0.507 e. The lowest BCUT2D eigenvalue weighted by Crippen LogP contribution is -2.31. The molecule has 5 rings (SSSR count). The molecule has 4 aromatic rings. The number of benzene rings is 3. The number of nitrogens with one attached hydrogen (secondary N) is 1. The molecule has 0 saturated carbocycles. The first kappa shape index (κ1) is 23.3. The van der Waals surface area contributed by atoms with Crippen LogP contribution in [0.2, 0.25) is 10.0 Å². The highest BCUT2D eigenvalue weighted by Crippen LogP contribution is 2.45. The monoisotopic (exact) mass is 507 g/mol. The third-order valence-corrected chi connectivity index (χ3v) is 7.00. The third kappa shape index (κ3) is 4.24. The lowest BCUT2D eigenvalue weighted by atomic mass is 9.95. The predicted molar refractivity (Wildman–Crippen MR) is 136 cm³/mol. The zero-order valence-corrected chi connectivity index (χ0v) is 20.7. The number of amides is 1. The number of fused-ring (bicyclic) bond motifs is 1. The summed E-state index contributed by atoms with van der Waals surface area (Å²) < 4.78 is 5.24. The Labute approximate surface area is 213 Å². The maximum Gasteiger partial charge on any atom is 0.273 e. The Balaban J connectivity index is 1.57. The normalized spacial score (nSPS) is 14.9. The maximum absolute atomic E-state index is 13.6. The van der Waals surface area contributed by atoms with Crippen LogP contribution in [0.1, 0.15) is 38.8 Å². The quantitative estimate of drug-likeness (QED) is 0.325. The molecule has 0 fully saturated rings. The molecule has 1 aliphatic rings. The van der Waals surface area contributed by atoms with Crippen LogP contribution in [-0.4, -0.2) is 39.8 Å². The number of hydrogen-bond acceptors (Lipinski definition) is 4. The number of methoxy groups -OCH3 is 1. The van der Waals surface area contributed by atoms with Crippen LogP contribution in [0.4, 0.5) is 0 Å². The van der Waals surface area contributed by atoms with Gasteiger partial charge in [0.05, 0.1) is 13.2 Å². The Bertz CT molecular complexity index is 1420. The van der Waals surface area contributed by atoms with Crippen LogP contribution >= 0.6 is 23.2 Å². The first-order valence-corrected chi connectivity index (χ1v) is 11.9. The zero-order valence-electron chi connectivity index (χ0n) is 19.2. The number of nitrogens with zero attached hydrogens (tertiary/aromatic N) is 2. The fourth-order valence-electron chi connectivity index (χ4n) is 4.55. The van der Waals surface area contributed by atoms with Crippen molar-refractivity contribution in [2.24, 2.45) is 0 Å². The number of H-pyrrole nitrogens is 1. The van der Waals surface area contributed by atoms with Crippen molar-refractivity contribution < 1.29 is 14.6 Å². The molecule has 2 N–H and O–H groups in total. The van der Waals surface area contributed by atoms with Gasteiger partial charge in [0.15, 0.2) is 0 Å². The van der Waals surface area contributed by atoms with Crippen molar-refractivity contribution >= 4 is 29.1 Å². The first-order chi connectivity index (χ1) is 16.9. The van der Waals surface area contributed by atoms with E-state index < -0.39 is 6.04 Å². The largest absolute Gasteiger partial charge is 0.507 e. The van der Waals surface area contributed by atoms with Crippen LogP contribution in [0, 0.1) is 6.92 Å². The zero-order chi connectivity index (χ0) is 24.7. The van der Waals surface area contributed by atoms with Gasteiger partial charge in [-0.15, -0.1) is 0 Å². The SMILES string of the molecule is COc1ccc(CCN2C(=O)c3[nH]nc(-c4cc(Cl)c(C)cc4O)c3[C@H]2c2cccc(Cl)c2)cc1. The Kier molecular flexibility index (Phi) is 6.17. The summed E-state index contributed by atoms with van der Waals surface area (Å²) in [5.74, 6) is 0.676. The number of phenols is 1. The van der Waals surface area contributed by atoms with Crippen molar-refractivity contribution in [2.75, 3.05) is 13.7 Å². The van der Waals surface area contributed by atoms with Gasteiger partial charge in [-0.3, -0.25) is 9.89 Å². The molecular weight excluding hydrogens is 485 g/mol. The van der Waals surface area contributed by atoms with Crippen molar-refractivity contribution in [1.82, 2.24) is 15.1 Å². The molecular formula is C27H23Cl2N3O3. The van der Waals surface area contributed by atoms with Gasteiger partial charge in [0, 0.05) is 27.7 Å². The molecule has 0 unspecified atom stereocenters. The molecule has 1 atom stereocenters. The van der Waals surface area contributed by atoms with E-state index >= 15 is 0 Å². The number of carbonyl (C=O) groups excluding carboxylic acids is 1. The molecule has 0 spiro atoms. The van der Waals surface area contributed by atoms with E-state index in [-0.39, 0.29) is 11.7 Å². The molecule has 35 heavy (non-hydrogen) atoms. The summed E-state index contributed by atoms with van der Waals surface area (Å²) in [4.78, 5) is 15.4. The van der Waals surface area contributed by atoms with Crippen LogP contribution in [0.25, 0.3) is 11.3 Å². The molecule has 1 aliphatic heterocycles. The van der Waals surface area contributed by atoms with Gasteiger partial charge in [-0.05, 0) is 66.4 Å². The molecule has 0 aliphatic carbocycles. The summed E-state index contributed by atoms with van der Waals surface area (Å²) in [6.07, 6.45) is 0.654. The molecule has 2 heterocycles. The molecule has 0 bridgehead atoms. The lowest BCUT2D eigenvalue weighted by Gasteiger charge is -2.26. The number of carbonyl (C=O) groups is 1. The van der Waals surface area contributed by atoms with Gasteiger partial charge in [0.2, 0.25) is 0 Å². The second-order valence-electron chi connectivity index (χ2n) is 8.53. The summed E-state index contributed by atoms with van der Waals surface area (Å²) >= 11 is 12.7. The number of ether oxygens (including phenoxy) is 1. The van der Waals surface area contributed by atoms with Gasteiger partial charge in [-0.25, -0.2) is 0 Å². The molecule has 6 nitrogen and oxygen atoms in total. The van der Waals surface area contributed by atoms with E-state index in [9.17, 15) is 9.90 Å². The smallest absolute Gasteiger partial charge is 0.273 e. The predicted octanol–water partition coefficient (Wildman–Crippen LogP) is 6.19. The summed E-state index contributed by atoms with van der Waals surface area (Å²) in [6, 6.07) is 18.1. The number of halogens is 2. The highest BCUT2D eigenvalue weighted by atomic mass is 35.5. The van der Waals surface area contributed by atoms with Crippen LogP contribution < -0.4 is 4.74 Å². The van der Waals surface area contributed by atoms with Crippen LogP contribution in [0.15, 0.2) is 60.7 Å². The fourth-order valence-corrected chi connectivity index (χ4v) is 4.92. The molecule has 1 aromatic heterocycles. The van der Waals surface area contributed by atoms with Crippen molar-refractivity contribution in [2.45, 2.75) is 19.4 Å². The fraction of sp³-hybridized carbons (Fsp3) is 0.185. The second-order valence-corrected chi connectivity index (χ2v) is 9.38. The van der Waals surface area contributed by atoms with E-state index in [0.717, 1.165) is 22.4 Å². The van der Waals surface area contributed by atoms with Gasteiger partial charge in [-0.2, -0.15) is 5.10 Å². The summed E-state index contributed by atoms with van der Waals surface area (Å²) in [7, 11) is 1.63. The summed E-state index contributed by atoms with van der Waals surface area (Å²) in [5, 5.41) is 19.1. The van der Waals surface area contributed by atoms with E-state index in [1.165, 1.54) is 0 Å². The van der Waals surface area contributed by atoms with Crippen molar-refractivity contribution in [3.8, 4) is 22.8 Å².